The predicted octanol–water partition coefficient (Wildman–Crippen LogP) is 4.70. The second kappa shape index (κ2) is 6.00. The Labute approximate surface area is 124 Å². The monoisotopic (exact) mass is 344 g/mol. The van der Waals surface area contributed by atoms with E-state index in [1.54, 1.807) is 0 Å². The largest absolute Gasteiger partial charge is 0.220 e. The Morgan fingerprint density at radius 3 is 2.39 bits per heavy atom. The molecule has 0 radical (unpaired) electrons. The van der Waals surface area contributed by atoms with Gasteiger partial charge in [-0.2, -0.15) is 0 Å². The molecule has 0 saturated heterocycles. The van der Waals surface area contributed by atoms with Crippen molar-refractivity contribution in [2.75, 3.05) is 0 Å². The molecular weight excluding hydrogens is 335 g/mol. The normalized spacial score (nSPS) is 10.7. The molecule has 1 heterocycles. The summed E-state index contributed by atoms with van der Waals surface area (Å²) in [6, 6.07) is 8.00. The average Bonchev–Trinajstić information content (AvgIpc) is 2.28. The maximum atomic E-state index is 6.09. The molecule has 0 amide bonds. The third-order valence-electron chi connectivity index (χ3n) is 2.56. The van der Waals surface area contributed by atoms with Crippen molar-refractivity contribution in [1.29, 1.82) is 0 Å². The molecule has 0 aliphatic carbocycles. The maximum Gasteiger partial charge on any atom is 0.137 e. The van der Waals surface area contributed by atoms with Crippen LogP contribution in [0.15, 0.2) is 28.7 Å². The standard InChI is InChI=1S/C13H11BrCl2N2/c1-2-10-12(15)17-11(18-13(10)16)7-8-4-3-5-9(14)6-8/h3-6H,2,7H2,1H3. The molecule has 2 nitrogen and oxygen atoms in total. The maximum absolute atomic E-state index is 6.09. The first-order valence-corrected chi connectivity index (χ1v) is 7.10. The van der Waals surface area contributed by atoms with Crippen LogP contribution >= 0.6 is 39.1 Å². The van der Waals surface area contributed by atoms with E-state index in [2.05, 4.69) is 25.9 Å². The van der Waals surface area contributed by atoms with Crippen molar-refractivity contribution in [3.63, 3.8) is 0 Å². The molecule has 0 bridgehead atoms. The Kier molecular flexibility index (Phi) is 4.60. The predicted molar refractivity (Wildman–Crippen MR) is 78.4 cm³/mol. The van der Waals surface area contributed by atoms with Crippen molar-refractivity contribution < 1.29 is 0 Å². The van der Waals surface area contributed by atoms with Gasteiger partial charge >= 0.3 is 0 Å². The minimum Gasteiger partial charge on any atom is -0.220 e. The highest BCUT2D eigenvalue weighted by Gasteiger charge is 2.10. The molecule has 0 fully saturated rings. The van der Waals surface area contributed by atoms with Crippen molar-refractivity contribution in [2.45, 2.75) is 19.8 Å². The highest BCUT2D eigenvalue weighted by molar-refractivity contribution is 9.10. The summed E-state index contributed by atoms with van der Waals surface area (Å²) in [6.07, 6.45) is 1.34. The molecule has 0 atom stereocenters. The lowest BCUT2D eigenvalue weighted by Gasteiger charge is -2.06. The van der Waals surface area contributed by atoms with E-state index < -0.39 is 0 Å². The minimum atomic E-state index is 0.447. The van der Waals surface area contributed by atoms with Gasteiger partial charge in [-0.15, -0.1) is 0 Å². The van der Waals surface area contributed by atoms with Crippen LogP contribution in [0, 0.1) is 0 Å². The summed E-state index contributed by atoms with van der Waals surface area (Å²) in [5, 5.41) is 0.894. The van der Waals surface area contributed by atoms with Crippen LogP contribution in [-0.2, 0) is 12.8 Å². The number of hydrogen-bond acceptors (Lipinski definition) is 2. The molecule has 0 saturated carbocycles. The Morgan fingerprint density at radius 1 is 1.17 bits per heavy atom. The molecule has 1 aromatic carbocycles. The van der Waals surface area contributed by atoms with Gasteiger partial charge in [-0.25, -0.2) is 9.97 Å². The summed E-state index contributed by atoms with van der Waals surface area (Å²) in [6.45, 7) is 1.98. The zero-order chi connectivity index (χ0) is 13.1. The minimum absolute atomic E-state index is 0.447. The first-order valence-electron chi connectivity index (χ1n) is 5.55. The molecule has 0 unspecified atom stereocenters. The van der Waals surface area contributed by atoms with Crippen LogP contribution in [0.3, 0.4) is 0 Å². The number of nitrogens with zero attached hydrogens (tertiary/aromatic N) is 2. The molecule has 0 spiro atoms. The van der Waals surface area contributed by atoms with Crippen molar-refractivity contribution in [2.24, 2.45) is 0 Å². The van der Waals surface area contributed by atoms with E-state index in [0.717, 1.165) is 22.0 Å². The van der Waals surface area contributed by atoms with Gasteiger partial charge in [0.25, 0.3) is 0 Å². The van der Waals surface area contributed by atoms with E-state index >= 15 is 0 Å². The highest BCUT2D eigenvalue weighted by Crippen LogP contribution is 2.23. The first kappa shape index (κ1) is 13.8. The lowest BCUT2D eigenvalue weighted by Crippen LogP contribution is -2.01. The molecule has 1 aromatic heterocycles. The first-order chi connectivity index (χ1) is 8.60. The van der Waals surface area contributed by atoms with Crippen LogP contribution < -0.4 is 0 Å². The van der Waals surface area contributed by atoms with E-state index in [4.69, 9.17) is 23.2 Å². The van der Waals surface area contributed by atoms with E-state index in [0.29, 0.717) is 22.6 Å². The van der Waals surface area contributed by atoms with Gasteiger partial charge in [0.05, 0.1) is 0 Å². The summed E-state index contributed by atoms with van der Waals surface area (Å²) in [7, 11) is 0. The zero-order valence-corrected chi connectivity index (χ0v) is 12.8. The Bertz CT molecular complexity index is 550. The Hall–Kier alpha value is -0.640. The Balaban J connectivity index is 2.30. The topological polar surface area (TPSA) is 25.8 Å². The molecular formula is C13H11BrCl2N2. The van der Waals surface area contributed by atoms with Crippen molar-refractivity contribution in [1.82, 2.24) is 9.97 Å². The highest BCUT2D eigenvalue weighted by atomic mass is 79.9. The van der Waals surface area contributed by atoms with Crippen LogP contribution in [0.25, 0.3) is 0 Å². The van der Waals surface area contributed by atoms with Gasteiger partial charge in [0, 0.05) is 16.5 Å². The van der Waals surface area contributed by atoms with Gasteiger partial charge in [-0.05, 0) is 24.1 Å². The van der Waals surface area contributed by atoms with Gasteiger partial charge in [0.15, 0.2) is 0 Å². The molecule has 0 aliphatic rings. The third kappa shape index (κ3) is 3.22. The van der Waals surface area contributed by atoms with Gasteiger partial charge in [0.1, 0.15) is 16.1 Å². The second-order valence-corrected chi connectivity index (χ2v) is 5.49. The fourth-order valence-corrected chi connectivity index (χ4v) is 2.81. The van der Waals surface area contributed by atoms with E-state index in [1.807, 2.05) is 31.2 Å². The van der Waals surface area contributed by atoms with Crippen molar-refractivity contribution in [3.8, 4) is 0 Å². The smallest absolute Gasteiger partial charge is 0.137 e. The van der Waals surface area contributed by atoms with Gasteiger partial charge in [0.2, 0.25) is 0 Å². The van der Waals surface area contributed by atoms with Crippen LogP contribution in [0.2, 0.25) is 10.3 Å². The van der Waals surface area contributed by atoms with Crippen molar-refractivity contribution in [3.05, 3.63) is 56.0 Å². The van der Waals surface area contributed by atoms with Crippen molar-refractivity contribution >= 4 is 39.1 Å². The molecule has 18 heavy (non-hydrogen) atoms. The van der Waals surface area contributed by atoms with Crippen LogP contribution in [0.4, 0.5) is 0 Å². The van der Waals surface area contributed by atoms with Crippen LogP contribution in [-0.4, -0.2) is 9.97 Å². The number of rotatable bonds is 3. The van der Waals surface area contributed by atoms with E-state index in [9.17, 15) is 0 Å². The van der Waals surface area contributed by atoms with E-state index in [-0.39, 0.29) is 0 Å². The zero-order valence-electron chi connectivity index (χ0n) is 9.75. The molecule has 5 heteroatoms. The van der Waals surface area contributed by atoms with Gasteiger partial charge in [-0.3, -0.25) is 0 Å². The Morgan fingerprint density at radius 2 is 1.83 bits per heavy atom. The number of benzene rings is 1. The average molecular weight is 346 g/mol. The third-order valence-corrected chi connectivity index (χ3v) is 3.68. The summed E-state index contributed by atoms with van der Waals surface area (Å²) in [4.78, 5) is 8.57. The molecule has 2 aromatic rings. The summed E-state index contributed by atoms with van der Waals surface area (Å²) >= 11 is 15.6. The fourth-order valence-electron chi connectivity index (χ4n) is 1.67. The summed E-state index contributed by atoms with van der Waals surface area (Å²) in [5.74, 6) is 0.639. The van der Waals surface area contributed by atoms with Gasteiger partial charge in [-0.1, -0.05) is 58.2 Å². The number of hydrogen-bond donors (Lipinski definition) is 0. The quantitative estimate of drug-likeness (QED) is 0.753. The fraction of sp³-hybridized carbons (Fsp3) is 0.231. The van der Waals surface area contributed by atoms with Crippen LogP contribution in [0.1, 0.15) is 23.9 Å². The lowest BCUT2D eigenvalue weighted by atomic mass is 10.1. The number of halogens is 3. The molecule has 94 valence electrons. The second-order valence-electron chi connectivity index (χ2n) is 3.86. The molecule has 0 aliphatic heterocycles. The SMILES string of the molecule is CCc1c(Cl)nc(Cc2cccc(Br)c2)nc1Cl. The lowest BCUT2D eigenvalue weighted by molar-refractivity contribution is 0.936. The molecule has 2 rings (SSSR count). The molecule has 0 N–H and O–H groups in total. The summed E-state index contributed by atoms with van der Waals surface area (Å²) in [5.41, 5.74) is 1.91. The van der Waals surface area contributed by atoms with Crippen LogP contribution in [0.5, 0.6) is 0 Å². The van der Waals surface area contributed by atoms with Gasteiger partial charge < -0.3 is 0 Å². The number of aromatic nitrogens is 2. The summed E-state index contributed by atoms with van der Waals surface area (Å²) < 4.78 is 1.03. The van der Waals surface area contributed by atoms with E-state index in [1.165, 1.54) is 0 Å².